The van der Waals surface area contributed by atoms with Crippen LogP contribution in [0.3, 0.4) is 0 Å². The molecule has 6 nitrogen and oxygen atoms in total. The molecule has 2 heterocycles. The van der Waals surface area contributed by atoms with Crippen LogP contribution in [-0.4, -0.2) is 32.5 Å². The SMILES string of the molecule is Cc1ccc(-n2nc3c(cc(C(=O)NC4CC4)c(=O)n3CCC(F)(F)F)c2-c2ccc(Cl)cc2)cc1. The number of pyridine rings is 1. The van der Waals surface area contributed by atoms with Crippen LogP contribution in [0, 0.1) is 6.92 Å². The Kier molecular flexibility index (Phi) is 6.12. The van der Waals surface area contributed by atoms with Crippen molar-refractivity contribution < 1.29 is 18.0 Å². The van der Waals surface area contributed by atoms with Crippen molar-refractivity contribution in [1.82, 2.24) is 19.7 Å². The van der Waals surface area contributed by atoms with Gasteiger partial charge in [0.2, 0.25) is 0 Å². The van der Waals surface area contributed by atoms with Gasteiger partial charge in [-0.25, -0.2) is 4.68 Å². The van der Waals surface area contributed by atoms with Gasteiger partial charge in [-0.05, 0) is 50.1 Å². The molecule has 0 saturated heterocycles. The normalized spacial score (nSPS) is 13.8. The molecular weight excluding hydrogens is 493 g/mol. The van der Waals surface area contributed by atoms with Gasteiger partial charge in [-0.15, -0.1) is 5.10 Å². The second kappa shape index (κ2) is 9.13. The summed E-state index contributed by atoms with van der Waals surface area (Å²) in [5, 5.41) is 8.26. The molecule has 0 aliphatic heterocycles. The van der Waals surface area contributed by atoms with E-state index in [0.29, 0.717) is 27.4 Å². The number of hydrogen-bond acceptors (Lipinski definition) is 3. The Bertz CT molecular complexity index is 1500. The minimum absolute atomic E-state index is 0.0257. The monoisotopic (exact) mass is 514 g/mol. The summed E-state index contributed by atoms with van der Waals surface area (Å²) in [6.45, 7) is 1.28. The minimum Gasteiger partial charge on any atom is -0.349 e. The van der Waals surface area contributed by atoms with Crippen LogP contribution in [-0.2, 0) is 6.54 Å². The Balaban J connectivity index is 1.80. The van der Waals surface area contributed by atoms with Crippen LogP contribution < -0.4 is 10.9 Å². The molecular formula is C26H22ClF3N4O2. The van der Waals surface area contributed by atoms with Gasteiger partial charge in [-0.2, -0.15) is 13.2 Å². The topological polar surface area (TPSA) is 68.9 Å². The summed E-state index contributed by atoms with van der Waals surface area (Å²) in [5.41, 5.74) is 1.93. The number of hydrogen-bond donors (Lipinski definition) is 1. The Morgan fingerprint density at radius 2 is 1.78 bits per heavy atom. The Morgan fingerprint density at radius 1 is 1.11 bits per heavy atom. The number of nitrogens with one attached hydrogen (secondary N) is 1. The standard InChI is InChI=1S/C26H22ClF3N4O2/c1-15-2-10-19(11-3-15)34-22(16-4-6-17(27)7-5-16)20-14-21(24(35)31-18-8-9-18)25(36)33(23(20)32-34)13-12-26(28,29)30/h2-7,10-11,14,18H,8-9,12-13H2,1H3,(H,31,35). The van der Waals surface area contributed by atoms with Gasteiger partial charge in [-0.1, -0.05) is 41.4 Å². The third-order valence-corrected chi connectivity index (χ3v) is 6.35. The number of nitrogens with zero attached hydrogens (tertiary/aromatic N) is 3. The van der Waals surface area contributed by atoms with Gasteiger partial charge >= 0.3 is 6.18 Å². The molecule has 1 N–H and O–H groups in total. The Labute approximate surface area is 209 Å². The lowest BCUT2D eigenvalue weighted by Gasteiger charge is -2.12. The third-order valence-electron chi connectivity index (χ3n) is 6.09. The van der Waals surface area contributed by atoms with Gasteiger partial charge in [0.05, 0.1) is 17.8 Å². The Morgan fingerprint density at radius 3 is 2.39 bits per heavy atom. The van der Waals surface area contributed by atoms with Crippen LogP contribution in [0.4, 0.5) is 13.2 Å². The second-order valence-corrected chi connectivity index (χ2v) is 9.40. The van der Waals surface area contributed by atoms with E-state index in [2.05, 4.69) is 10.4 Å². The largest absolute Gasteiger partial charge is 0.390 e. The maximum atomic E-state index is 13.3. The Hall–Kier alpha value is -3.59. The van der Waals surface area contributed by atoms with E-state index in [1.807, 2.05) is 31.2 Å². The lowest BCUT2D eigenvalue weighted by Crippen LogP contribution is -2.34. The van der Waals surface area contributed by atoms with Gasteiger partial charge in [0.15, 0.2) is 5.65 Å². The van der Waals surface area contributed by atoms with Gasteiger partial charge < -0.3 is 5.32 Å². The first-order valence-corrected chi connectivity index (χ1v) is 11.9. The van der Waals surface area contributed by atoms with Crippen LogP contribution in [0.15, 0.2) is 59.4 Å². The van der Waals surface area contributed by atoms with E-state index < -0.39 is 30.6 Å². The van der Waals surface area contributed by atoms with Crippen LogP contribution in [0.25, 0.3) is 28.0 Å². The number of halogens is 4. The van der Waals surface area contributed by atoms with Crippen LogP contribution in [0.5, 0.6) is 0 Å². The van der Waals surface area contributed by atoms with Gasteiger partial charge in [0.25, 0.3) is 11.5 Å². The predicted octanol–water partition coefficient (Wildman–Crippen LogP) is 5.66. The molecule has 5 rings (SSSR count). The smallest absolute Gasteiger partial charge is 0.349 e. The van der Waals surface area contributed by atoms with Crippen molar-refractivity contribution >= 4 is 28.5 Å². The molecule has 1 aliphatic rings. The number of alkyl halides is 3. The molecule has 0 atom stereocenters. The number of benzene rings is 2. The molecule has 10 heteroatoms. The van der Waals surface area contributed by atoms with Crippen molar-refractivity contribution in [1.29, 1.82) is 0 Å². The molecule has 0 radical (unpaired) electrons. The lowest BCUT2D eigenvalue weighted by molar-refractivity contribution is -0.136. The molecule has 1 saturated carbocycles. The fraction of sp³-hybridized carbons (Fsp3) is 0.269. The first kappa shape index (κ1) is 24.1. The van der Waals surface area contributed by atoms with Crippen molar-refractivity contribution in [3.05, 3.63) is 81.1 Å². The molecule has 0 bridgehead atoms. The molecule has 2 aromatic carbocycles. The van der Waals surface area contributed by atoms with E-state index in [1.54, 1.807) is 28.9 Å². The maximum Gasteiger partial charge on any atom is 0.390 e. The van der Waals surface area contributed by atoms with Crippen molar-refractivity contribution in [3.8, 4) is 16.9 Å². The molecule has 0 unspecified atom stereocenters. The van der Waals surface area contributed by atoms with Crippen LogP contribution >= 0.6 is 11.6 Å². The number of fused-ring (bicyclic) bond motifs is 1. The number of amides is 1. The molecule has 186 valence electrons. The van der Waals surface area contributed by atoms with Gasteiger partial charge in [0, 0.05) is 28.6 Å². The summed E-state index contributed by atoms with van der Waals surface area (Å²) in [6, 6.07) is 15.8. The number of carbonyl (C=O) groups excluding carboxylic acids is 1. The highest BCUT2D eigenvalue weighted by atomic mass is 35.5. The highest BCUT2D eigenvalue weighted by Gasteiger charge is 2.30. The summed E-state index contributed by atoms with van der Waals surface area (Å²) in [4.78, 5) is 26.2. The van der Waals surface area contributed by atoms with Gasteiger partial charge in [-0.3, -0.25) is 14.2 Å². The molecule has 1 amide bonds. The third kappa shape index (κ3) is 4.88. The second-order valence-electron chi connectivity index (χ2n) is 8.97. The zero-order chi connectivity index (χ0) is 25.6. The van der Waals surface area contributed by atoms with E-state index in [9.17, 15) is 22.8 Å². The fourth-order valence-electron chi connectivity index (χ4n) is 4.06. The number of aryl methyl sites for hydroxylation is 2. The molecule has 0 spiro atoms. The van der Waals surface area contributed by atoms with E-state index in [1.165, 1.54) is 6.07 Å². The number of carbonyl (C=O) groups is 1. The summed E-state index contributed by atoms with van der Waals surface area (Å²) >= 11 is 6.09. The maximum absolute atomic E-state index is 13.3. The van der Waals surface area contributed by atoms with Crippen molar-refractivity contribution in [2.24, 2.45) is 0 Å². The van der Waals surface area contributed by atoms with E-state index in [-0.39, 0.29) is 17.3 Å². The first-order valence-electron chi connectivity index (χ1n) is 11.5. The predicted molar refractivity (Wildman–Crippen MR) is 132 cm³/mol. The van der Waals surface area contributed by atoms with E-state index in [0.717, 1.165) is 23.0 Å². The highest BCUT2D eigenvalue weighted by molar-refractivity contribution is 6.30. The van der Waals surface area contributed by atoms with Crippen molar-refractivity contribution in [2.45, 2.75) is 44.9 Å². The van der Waals surface area contributed by atoms with Gasteiger partial charge in [0.1, 0.15) is 5.56 Å². The summed E-state index contributed by atoms with van der Waals surface area (Å²) in [6.07, 6.45) is -4.12. The number of rotatable bonds is 6. The number of aromatic nitrogens is 3. The first-order chi connectivity index (χ1) is 17.1. The lowest BCUT2D eigenvalue weighted by atomic mass is 10.1. The van der Waals surface area contributed by atoms with Crippen LogP contribution in [0.2, 0.25) is 5.02 Å². The highest BCUT2D eigenvalue weighted by Crippen LogP contribution is 2.33. The molecule has 36 heavy (non-hydrogen) atoms. The quantitative estimate of drug-likeness (QED) is 0.361. The summed E-state index contributed by atoms with van der Waals surface area (Å²) in [5.74, 6) is -0.602. The van der Waals surface area contributed by atoms with Crippen LogP contribution in [0.1, 0.15) is 35.2 Å². The van der Waals surface area contributed by atoms with Crippen molar-refractivity contribution in [3.63, 3.8) is 0 Å². The zero-order valence-corrected chi connectivity index (χ0v) is 20.0. The average molecular weight is 515 g/mol. The van der Waals surface area contributed by atoms with E-state index >= 15 is 0 Å². The zero-order valence-electron chi connectivity index (χ0n) is 19.3. The molecule has 1 aliphatic carbocycles. The summed E-state index contributed by atoms with van der Waals surface area (Å²) in [7, 11) is 0. The molecule has 4 aromatic rings. The van der Waals surface area contributed by atoms with Crippen molar-refractivity contribution in [2.75, 3.05) is 0 Å². The fourth-order valence-corrected chi connectivity index (χ4v) is 4.18. The minimum atomic E-state index is -4.49. The van der Waals surface area contributed by atoms with E-state index in [4.69, 9.17) is 11.6 Å². The summed E-state index contributed by atoms with van der Waals surface area (Å²) < 4.78 is 42.0. The molecule has 1 fully saturated rings. The average Bonchev–Trinajstić information content (AvgIpc) is 3.56. The molecule has 2 aromatic heterocycles.